The molecular weight excluding hydrogens is 422 g/mol. The van der Waals surface area contributed by atoms with E-state index >= 15 is 0 Å². The summed E-state index contributed by atoms with van der Waals surface area (Å²) in [5.74, 6) is -0.854. The van der Waals surface area contributed by atoms with Crippen LogP contribution in [0.5, 0.6) is 5.88 Å². The average Bonchev–Trinajstić information content (AvgIpc) is 3.39. The van der Waals surface area contributed by atoms with E-state index in [1.165, 1.54) is 10.6 Å². The Morgan fingerprint density at radius 3 is 2.42 bits per heavy atom. The van der Waals surface area contributed by atoms with Gasteiger partial charge in [0.2, 0.25) is 11.5 Å². The molecule has 3 heterocycles. The number of likely N-dealkylation sites (tertiary alicyclic amines) is 1. The third-order valence-electron chi connectivity index (χ3n) is 6.57. The lowest BCUT2D eigenvalue weighted by molar-refractivity contribution is -0.686. The minimum atomic E-state index is -0.614. The maximum absolute atomic E-state index is 13.2. The molecule has 0 aromatic carbocycles. The average molecular weight is 457 g/mol. The van der Waals surface area contributed by atoms with Gasteiger partial charge in [-0.2, -0.15) is 4.57 Å². The van der Waals surface area contributed by atoms with Gasteiger partial charge in [-0.05, 0) is 58.4 Å². The molecule has 178 valence electrons. The number of aryl methyl sites for hydroxylation is 1. The highest BCUT2D eigenvalue weighted by Crippen LogP contribution is 2.25. The first-order valence-corrected chi connectivity index (χ1v) is 11.8. The number of aromatic nitrogens is 3. The van der Waals surface area contributed by atoms with Gasteiger partial charge in [0.05, 0.1) is 17.8 Å². The highest BCUT2D eigenvalue weighted by molar-refractivity contribution is 5.96. The Bertz CT molecular complexity index is 1180. The number of nitrogens with one attached hydrogen (secondary N) is 2. The molecule has 1 saturated carbocycles. The molecule has 1 aliphatic heterocycles. The lowest BCUT2D eigenvalue weighted by atomic mass is 10.1. The van der Waals surface area contributed by atoms with Crippen LogP contribution in [0.1, 0.15) is 75.0 Å². The van der Waals surface area contributed by atoms with Crippen LogP contribution < -0.4 is 15.4 Å². The molecule has 2 aromatic rings. The zero-order valence-corrected chi connectivity index (χ0v) is 20.0. The van der Waals surface area contributed by atoms with Crippen LogP contribution in [0.3, 0.4) is 0 Å². The van der Waals surface area contributed by atoms with E-state index in [0.717, 1.165) is 25.7 Å². The Balaban J connectivity index is 1.82. The molecule has 0 radical (unpaired) electrons. The Morgan fingerprint density at radius 1 is 1.21 bits per heavy atom. The number of hydrogen-bond donors (Lipinski definition) is 3. The number of aromatic hydroxyl groups is 1. The monoisotopic (exact) mass is 456 g/mol. The van der Waals surface area contributed by atoms with E-state index in [-0.39, 0.29) is 41.4 Å². The minimum absolute atomic E-state index is 0.0563. The van der Waals surface area contributed by atoms with Crippen LogP contribution in [0, 0.1) is 12.8 Å². The van der Waals surface area contributed by atoms with Crippen LogP contribution in [-0.4, -0.2) is 49.6 Å². The van der Waals surface area contributed by atoms with Crippen molar-refractivity contribution in [3.8, 4) is 5.88 Å². The van der Waals surface area contributed by atoms with E-state index in [9.17, 15) is 19.5 Å². The predicted molar refractivity (Wildman–Crippen MR) is 124 cm³/mol. The minimum Gasteiger partial charge on any atom is -0.477 e. The molecule has 2 atom stereocenters. The number of rotatable bonds is 6. The molecule has 4 rings (SSSR count). The van der Waals surface area contributed by atoms with Crippen molar-refractivity contribution in [3.05, 3.63) is 33.3 Å². The molecule has 2 aliphatic rings. The van der Waals surface area contributed by atoms with Gasteiger partial charge in [0.1, 0.15) is 0 Å². The van der Waals surface area contributed by atoms with Crippen molar-refractivity contribution in [1.82, 2.24) is 19.8 Å². The standard InChI is InChI=1S/C24H33N5O4/c1-13(2)12-27-22-18(10-11-19(30)28-14(3)6-7-15(28)4)16(5)26-29(22)24(33)20(23(27)32)21(31)25-17-8-9-17/h10-11,13-15,17H,6-9,12H2,1-5H3,(H2,25,31,32,33)/p+1/b11-10+/t14-,15-/m0/s1. The fraction of sp³-hybridized carbons (Fsp3) is 0.583. The highest BCUT2D eigenvalue weighted by atomic mass is 16.3. The van der Waals surface area contributed by atoms with E-state index in [0.29, 0.717) is 23.4 Å². The summed E-state index contributed by atoms with van der Waals surface area (Å²) in [7, 11) is 0. The number of hydrogen-bond acceptors (Lipinski definition) is 4. The molecule has 33 heavy (non-hydrogen) atoms. The van der Waals surface area contributed by atoms with Crippen molar-refractivity contribution in [1.29, 1.82) is 0 Å². The van der Waals surface area contributed by atoms with Gasteiger partial charge in [-0.3, -0.25) is 9.59 Å². The molecule has 2 amide bonds. The molecule has 1 aliphatic carbocycles. The summed E-state index contributed by atoms with van der Waals surface area (Å²) >= 11 is 0. The quantitative estimate of drug-likeness (QED) is 0.455. The number of fused-ring (bicyclic) bond motifs is 1. The van der Waals surface area contributed by atoms with Gasteiger partial charge in [-0.1, -0.05) is 18.4 Å². The first kappa shape index (κ1) is 23.1. The zero-order valence-electron chi connectivity index (χ0n) is 20.0. The third-order valence-corrected chi connectivity index (χ3v) is 6.57. The Kier molecular flexibility index (Phi) is 6.07. The lowest BCUT2D eigenvalue weighted by Crippen LogP contribution is -2.46. The van der Waals surface area contributed by atoms with Crippen molar-refractivity contribution in [3.63, 3.8) is 0 Å². The summed E-state index contributed by atoms with van der Waals surface area (Å²) in [4.78, 5) is 40.8. The second-order valence-electron chi connectivity index (χ2n) is 9.92. The first-order valence-electron chi connectivity index (χ1n) is 11.8. The van der Waals surface area contributed by atoms with Gasteiger partial charge in [0.25, 0.3) is 5.91 Å². The summed E-state index contributed by atoms with van der Waals surface area (Å²) in [6.07, 6.45) is 6.94. The Hall–Kier alpha value is -3.10. The van der Waals surface area contributed by atoms with Gasteiger partial charge in [-0.15, -0.1) is 0 Å². The van der Waals surface area contributed by atoms with Gasteiger partial charge in [0.15, 0.2) is 0 Å². The highest BCUT2D eigenvalue weighted by Gasteiger charge is 2.35. The number of carbonyl (C=O) groups is 2. The smallest absolute Gasteiger partial charge is 0.378 e. The second kappa shape index (κ2) is 8.68. The number of aromatic amines is 1. The summed E-state index contributed by atoms with van der Waals surface area (Å²) in [6, 6.07) is 0.429. The molecular formula is C24H34N5O4+. The molecule has 0 unspecified atom stereocenters. The molecule has 9 heteroatoms. The van der Waals surface area contributed by atoms with Gasteiger partial charge < -0.3 is 15.3 Å². The van der Waals surface area contributed by atoms with Crippen LogP contribution >= 0.6 is 0 Å². The number of H-pyrrole nitrogens is 1. The fourth-order valence-corrected chi connectivity index (χ4v) is 4.72. The number of amides is 2. The van der Waals surface area contributed by atoms with Crippen molar-refractivity contribution >= 4 is 23.5 Å². The number of carbonyl (C=O) groups excluding carboxylic acids is 2. The summed E-state index contributed by atoms with van der Waals surface area (Å²) in [5, 5.41) is 16.9. The summed E-state index contributed by atoms with van der Waals surface area (Å²) in [5.41, 5.74) is 0.836. The van der Waals surface area contributed by atoms with Crippen molar-refractivity contribution in [2.75, 3.05) is 0 Å². The van der Waals surface area contributed by atoms with Gasteiger partial charge >= 0.3 is 17.1 Å². The van der Waals surface area contributed by atoms with E-state index < -0.39 is 11.5 Å². The molecule has 2 aromatic heterocycles. The van der Waals surface area contributed by atoms with E-state index in [1.54, 1.807) is 17.6 Å². The van der Waals surface area contributed by atoms with Crippen LogP contribution in [0.25, 0.3) is 11.7 Å². The topological polar surface area (TPSA) is 111 Å². The Morgan fingerprint density at radius 2 is 1.85 bits per heavy atom. The van der Waals surface area contributed by atoms with E-state index in [1.807, 2.05) is 18.7 Å². The maximum Gasteiger partial charge on any atom is 0.378 e. The maximum atomic E-state index is 13.2. The van der Waals surface area contributed by atoms with Crippen molar-refractivity contribution < 1.29 is 19.3 Å². The molecule has 3 N–H and O–H groups in total. The van der Waals surface area contributed by atoms with Gasteiger partial charge in [-0.25, -0.2) is 9.89 Å². The lowest BCUT2D eigenvalue weighted by Gasteiger charge is -2.24. The normalized spacial score (nSPS) is 21.0. The molecule has 1 saturated heterocycles. The van der Waals surface area contributed by atoms with Crippen LogP contribution in [0.2, 0.25) is 0 Å². The zero-order chi connectivity index (χ0) is 24.0. The molecule has 0 bridgehead atoms. The summed E-state index contributed by atoms with van der Waals surface area (Å²) in [6.45, 7) is 10.3. The largest absolute Gasteiger partial charge is 0.477 e. The van der Waals surface area contributed by atoms with E-state index in [4.69, 9.17) is 0 Å². The van der Waals surface area contributed by atoms with Crippen LogP contribution in [0.4, 0.5) is 0 Å². The van der Waals surface area contributed by atoms with E-state index in [2.05, 4.69) is 24.3 Å². The fourth-order valence-electron chi connectivity index (χ4n) is 4.72. The van der Waals surface area contributed by atoms with Crippen LogP contribution in [-0.2, 0) is 11.3 Å². The number of nitrogens with zero attached hydrogens (tertiary/aromatic N) is 3. The van der Waals surface area contributed by atoms with Crippen LogP contribution in [0.15, 0.2) is 10.9 Å². The third kappa shape index (κ3) is 4.28. The molecule has 0 spiro atoms. The first-order chi connectivity index (χ1) is 15.6. The van der Waals surface area contributed by atoms with Crippen molar-refractivity contribution in [2.24, 2.45) is 5.92 Å². The van der Waals surface area contributed by atoms with Gasteiger partial charge in [0, 0.05) is 24.2 Å². The Labute approximate surface area is 193 Å². The second-order valence-corrected chi connectivity index (χ2v) is 9.92. The SMILES string of the molecule is Cc1[nH]n2c(=O)c(C(=O)NC3CC3)c(O)[n+](CC(C)C)c2c1/C=C/C(=O)N1[C@@H](C)CC[C@@H]1C. The molecule has 2 fully saturated rings. The van der Waals surface area contributed by atoms with Crippen molar-refractivity contribution in [2.45, 2.75) is 85.0 Å². The molecule has 9 nitrogen and oxygen atoms in total. The predicted octanol–water partition coefficient (Wildman–Crippen LogP) is 1.89. The summed E-state index contributed by atoms with van der Waals surface area (Å²) < 4.78 is 2.88.